The molecule has 2 aromatic carbocycles. The van der Waals surface area contributed by atoms with Gasteiger partial charge in [0.05, 0.1) is 16.6 Å². The quantitative estimate of drug-likeness (QED) is 0.530. The number of fused-ring (bicyclic) bond motifs is 1. The topological polar surface area (TPSA) is 114 Å². The number of aryl methyl sites for hydroxylation is 2. The molecule has 5 rings (SSSR count). The van der Waals surface area contributed by atoms with Crippen LogP contribution in [0.2, 0.25) is 0 Å². The number of aldehydes is 1. The average molecular weight is 492 g/mol. The van der Waals surface area contributed by atoms with Gasteiger partial charge in [-0.3, -0.25) is 13.9 Å². The molecule has 0 saturated heterocycles. The van der Waals surface area contributed by atoms with Crippen LogP contribution in [-0.2, 0) is 27.7 Å². The first kappa shape index (κ1) is 23.0. The Hall–Kier alpha value is -3.79. The fourth-order valence-corrected chi connectivity index (χ4v) is 6.13. The summed E-state index contributed by atoms with van der Waals surface area (Å²) in [6.45, 7) is 1.88. The molecule has 1 amide bonds. The van der Waals surface area contributed by atoms with Crippen LogP contribution in [0.25, 0.3) is 0 Å². The zero-order chi connectivity index (χ0) is 24.6. The molecular formula is C25H25N5O4S. The number of hydrogen-bond donors (Lipinski definition) is 1. The fraction of sp³-hybridized carbons (Fsp3) is 0.280. The van der Waals surface area contributed by atoms with E-state index in [2.05, 4.69) is 15.6 Å². The maximum absolute atomic E-state index is 13.3. The molecule has 2 aliphatic rings. The first-order valence-electron chi connectivity index (χ1n) is 11.4. The van der Waals surface area contributed by atoms with Gasteiger partial charge in [-0.15, -0.1) is 5.10 Å². The van der Waals surface area contributed by atoms with E-state index >= 15 is 0 Å². The third kappa shape index (κ3) is 4.37. The number of amides is 1. The highest BCUT2D eigenvalue weighted by Crippen LogP contribution is 2.33. The molecule has 35 heavy (non-hydrogen) atoms. The Morgan fingerprint density at radius 2 is 1.97 bits per heavy atom. The van der Waals surface area contributed by atoms with Crippen LogP contribution in [-0.4, -0.2) is 46.0 Å². The average Bonchev–Trinajstić information content (AvgIpc) is 3.33. The number of carbonyl (C=O) groups is 2. The SMILES string of the molecule is Cc1ccc(S(=O)(=O)N2C=CNC(=O)C2Cc2cn(C3CCCc4cc(C=O)ccc43)nn2)cc1. The molecule has 0 saturated carbocycles. The molecular weight excluding hydrogens is 466 g/mol. The third-order valence-corrected chi connectivity index (χ3v) is 8.32. The van der Waals surface area contributed by atoms with Crippen molar-refractivity contribution in [1.29, 1.82) is 0 Å². The van der Waals surface area contributed by atoms with Gasteiger partial charge in [0, 0.05) is 30.6 Å². The van der Waals surface area contributed by atoms with Gasteiger partial charge in [-0.05, 0) is 55.5 Å². The van der Waals surface area contributed by atoms with Gasteiger partial charge < -0.3 is 5.32 Å². The van der Waals surface area contributed by atoms with Crippen molar-refractivity contribution in [2.24, 2.45) is 0 Å². The molecule has 2 atom stereocenters. The Bertz CT molecular complexity index is 1410. The van der Waals surface area contributed by atoms with E-state index in [0.29, 0.717) is 11.3 Å². The summed E-state index contributed by atoms with van der Waals surface area (Å²) in [5.41, 5.74) is 4.32. The first-order valence-corrected chi connectivity index (χ1v) is 12.9. The summed E-state index contributed by atoms with van der Waals surface area (Å²) in [5.74, 6) is -0.429. The Labute approximate surface area is 203 Å². The number of hydrogen-bond acceptors (Lipinski definition) is 6. The minimum Gasteiger partial charge on any atom is -0.329 e. The standard InChI is InChI=1S/C25H25N5O4S/c1-17-5-8-21(9-6-17)35(33,34)30-12-11-26-25(32)24(30)14-20-15-29(28-27-20)23-4-2-3-19-13-18(16-31)7-10-22(19)23/h5-13,15-16,23-24H,2-4,14H2,1H3,(H,26,32). The normalized spacial score (nSPS) is 19.8. The zero-order valence-corrected chi connectivity index (χ0v) is 20.0. The van der Waals surface area contributed by atoms with Crippen molar-refractivity contribution in [2.45, 2.75) is 49.6 Å². The molecule has 180 valence electrons. The maximum Gasteiger partial charge on any atom is 0.264 e. The van der Waals surface area contributed by atoms with Crippen molar-refractivity contribution >= 4 is 22.2 Å². The highest BCUT2D eigenvalue weighted by molar-refractivity contribution is 7.89. The zero-order valence-electron chi connectivity index (χ0n) is 19.2. The number of nitrogens with one attached hydrogen (secondary N) is 1. The highest BCUT2D eigenvalue weighted by Gasteiger charge is 2.36. The van der Waals surface area contributed by atoms with Gasteiger partial charge in [0.1, 0.15) is 12.3 Å². The Balaban J connectivity index is 1.41. The Morgan fingerprint density at radius 3 is 2.74 bits per heavy atom. The van der Waals surface area contributed by atoms with Crippen LogP contribution in [0.1, 0.15) is 51.6 Å². The maximum atomic E-state index is 13.3. The van der Waals surface area contributed by atoms with E-state index in [1.165, 1.54) is 24.5 Å². The monoisotopic (exact) mass is 491 g/mol. The predicted molar refractivity (Wildman–Crippen MR) is 128 cm³/mol. The molecule has 3 aromatic rings. The van der Waals surface area contributed by atoms with E-state index in [9.17, 15) is 18.0 Å². The van der Waals surface area contributed by atoms with Crippen molar-refractivity contribution in [2.75, 3.05) is 0 Å². The molecule has 0 bridgehead atoms. The van der Waals surface area contributed by atoms with Gasteiger partial charge in [0.2, 0.25) is 5.91 Å². The number of sulfonamides is 1. The van der Waals surface area contributed by atoms with E-state index in [4.69, 9.17) is 0 Å². The van der Waals surface area contributed by atoms with Gasteiger partial charge in [-0.2, -0.15) is 0 Å². The number of benzene rings is 2. The predicted octanol–water partition coefficient (Wildman–Crippen LogP) is 2.53. The number of rotatable bonds is 6. The molecule has 1 aliphatic carbocycles. The second-order valence-electron chi connectivity index (χ2n) is 8.87. The smallest absolute Gasteiger partial charge is 0.264 e. The molecule has 2 heterocycles. The van der Waals surface area contributed by atoms with E-state index in [0.717, 1.165) is 46.5 Å². The molecule has 0 radical (unpaired) electrons. The second-order valence-corrected chi connectivity index (χ2v) is 10.7. The summed E-state index contributed by atoms with van der Waals surface area (Å²) in [6.07, 6.45) is 8.11. The van der Waals surface area contributed by atoms with Gasteiger partial charge in [0.15, 0.2) is 0 Å². The number of nitrogens with zero attached hydrogens (tertiary/aromatic N) is 4. The second kappa shape index (κ2) is 9.10. The van der Waals surface area contributed by atoms with E-state index in [1.54, 1.807) is 29.1 Å². The van der Waals surface area contributed by atoms with E-state index < -0.39 is 22.0 Å². The summed E-state index contributed by atoms with van der Waals surface area (Å²) < 4.78 is 29.5. The lowest BCUT2D eigenvalue weighted by molar-refractivity contribution is -0.124. The fourth-order valence-electron chi connectivity index (χ4n) is 4.68. The van der Waals surface area contributed by atoms with Crippen LogP contribution in [0, 0.1) is 6.92 Å². The molecule has 1 aromatic heterocycles. The van der Waals surface area contributed by atoms with Gasteiger partial charge in [-0.1, -0.05) is 35.0 Å². The van der Waals surface area contributed by atoms with Crippen LogP contribution in [0.15, 0.2) is 66.0 Å². The molecule has 0 fully saturated rings. The van der Waals surface area contributed by atoms with Crippen LogP contribution in [0.4, 0.5) is 0 Å². The van der Waals surface area contributed by atoms with Crippen molar-refractivity contribution < 1.29 is 18.0 Å². The largest absolute Gasteiger partial charge is 0.329 e. The molecule has 1 N–H and O–H groups in total. The lowest BCUT2D eigenvalue weighted by atomic mass is 9.87. The third-order valence-electron chi connectivity index (χ3n) is 6.52. The first-order chi connectivity index (χ1) is 16.9. The van der Waals surface area contributed by atoms with Gasteiger partial charge in [-0.25, -0.2) is 13.1 Å². The van der Waals surface area contributed by atoms with Crippen LogP contribution < -0.4 is 5.32 Å². The minimum atomic E-state index is -3.94. The van der Waals surface area contributed by atoms with Crippen LogP contribution in [0.3, 0.4) is 0 Å². The Kier molecular flexibility index (Phi) is 5.98. The number of carbonyl (C=O) groups excluding carboxylic acids is 2. The van der Waals surface area contributed by atoms with Crippen molar-refractivity contribution in [1.82, 2.24) is 24.6 Å². The van der Waals surface area contributed by atoms with Crippen molar-refractivity contribution in [3.63, 3.8) is 0 Å². The molecule has 2 unspecified atom stereocenters. The molecule has 10 heteroatoms. The minimum absolute atomic E-state index is 0.0341. The number of aromatic nitrogens is 3. The van der Waals surface area contributed by atoms with Crippen LogP contribution >= 0.6 is 0 Å². The van der Waals surface area contributed by atoms with E-state index in [1.807, 2.05) is 19.1 Å². The van der Waals surface area contributed by atoms with Crippen molar-refractivity contribution in [3.8, 4) is 0 Å². The summed E-state index contributed by atoms with van der Waals surface area (Å²) in [4.78, 5) is 24.0. The molecule has 0 spiro atoms. The summed E-state index contributed by atoms with van der Waals surface area (Å²) in [7, 11) is -3.94. The summed E-state index contributed by atoms with van der Waals surface area (Å²) in [6, 6.07) is 11.2. The van der Waals surface area contributed by atoms with Gasteiger partial charge in [0.25, 0.3) is 10.0 Å². The molecule has 9 nitrogen and oxygen atoms in total. The lowest BCUT2D eigenvalue weighted by Gasteiger charge is -2.31. The Morgan fingerprint density at radius 1 is 1.17 bits per heavy atom. The lowest BCUT2D eigenvalue weighted by Crippen LogP contribution is -2.50. The molecule has 1 aliphatic heterocycles. The summed E-state index contributed by atoms with van der Waals surface area (Å²) in [5, 5.41) is 11.2. The van der Waals surface area contributed by atoms with Crippen molar-refractivity contribution in [3.05, 3.63) is 89.0 Å². The highest BCUT2D eigenvalue weighted by atomic mass is 32.2. The van der Waals surface area contributed by atoms with Gasteiger partial charge >= 0.3 is 0 Å². The van der Waals surface area contributed by atoms with E-state index in [-0.39, 0.29) is 17.4 Å². The van der Waals surface area contributed by atoms with Crippen LogP contribution in [0.5, 0.6) is 0 Å². The summed E-state index contributed by atoms with van der Waals surface area (Å²) >= 11 is 0.